The molecule has 0 aromatic carbocycles. The Labute approximate surface area is 81.6 Å². The van der Waals surface area contributed by atoms with Gasteiger partial charge in [0.25, 0.3) is 0 Å². The summed E-state index contributed by atoms with van der Waals surface area (Å²) in [6, 6.07) is 0. The summed E-state index contributed by atoms with van der Waals surface area (Å²) in [5.74, 6) is 0. The van der Waals surface area contributed by atoms with E-state index in [9.17, 15) is 0 Å². The van der Waals surface area contributed by atoms with Crippen LogP contribution in [0.5, 0.6) is 0 Å². The molecule has 1 fully saturated rings. The van der Waals surface area contributed by atoms with Crippen molar-refractivity contribution in [3.8, 4) is 0 Å². The molecule has 0 radical (unpaired) electrons. The normalized spacial score (nSPS) is 30.9. The summed E-state index contributed by atoms with van der Waals surface area (Å²) in [7, 11) is 0. The van der Waals surface area contributed by atoms with Crippen molar-refractivity contribution in [1.29, 1.82) is 0 Å². The Morgan fingerprint density at radius 2 is 1.46 bits per heavy atom. The Bertz CT molecular complexity index is 154. The molecule has 0 saturated carbocycles. The fourth-order valence-electron chi connectivity index (χ4n) is 1.31. The van der Waals surface area contributed by atoms with Crippen LogP contribution >= 0.6 is 0 Å². The quantitative estimate of drug-likeness (QED) is 0.579. The molecule has 1 rings (SSSR count). The number of ether oxygens (including phenoxy) is 2. The Morgan fingerprint density at radius 3 is 1.69 bits per heavy atom. The highest BCUT2D eigenvalue weighted by Crippen LogP contribution is 2.35. The molecule has 2 atom stereocenters. The summed E-state index contributed by atoms with van der Waals surface area (Å²) in [5, 5.41) is 0. The molecular weight excluding hydrogens is 164 g/mol. The zero-order valence-corrected chi connectivity index (χ0v) is 9.68. The largest absolute Gasteiger partial charge is 0.349 e. The van der Waals surface area contributed by atoms with E-state index in [1.807, 2.05) is 0 Å². The minimum absolute atomic E-state index is 0.0447. The van der Waals surface area contributed by atoms with E-state index in [4.69, 9.17) is 9.47 Å². The molecule has 1 aliphatic rings. The maximum Gasteiger partial charge on any atom is 0.162 e. The summed E-state index contributed by atoms with van der Waals surface area (Å²) in [6.07, 6.45) is 0.188. The number of hydrogen-bond donors (Lipinski definition) is 0. The van der Waals surface area contributed by atoms with E-state index in [0.717, 1.165) is 6.61 Å². The molecule has 0 unspecified atom stereocenters. The summed E-state index contributed by atoms with van der Waals surface area (Å²) < 4.78 is 11.5. The van der Waals surface area contributed by atoms with Gasteiger partial charge in [0.05, 0.1) is 12.7 Å². The van der Waals surface area contributed by atoms with Crippen LogP contribution in [0.3, 0.4) is 0 Å². The van der Waals surface area contributed by atoms with Crippen LogP contribution in [0.15, 0.2) is 0 Å². The molecule has 0 N–H and O–H groups in total. The molecule has 0 spiro atoms. The third-order valence-electron chi connectivity index (χ3n) is 2.36. The van der Waals surface area contributed by atoms with Crippen LogP contribution in [0.4, 0.5) is 0 Å². The zero-order chi connectivity index (χ0) is 10.3. The van der Waals surface area contributed by atoms with Gasteiger partial charge in [0, 0.05) is 5.41 Å². The van der Waals surface area contributed by atoms with Gasteiger partial charge in [-0.1, -0.05) is 41.5 Å². The van der Waals surface area contributed by atoms with E-state index in [1.54, 1.807) is 0 Å². The maximum absolute atomic E-state index is 5.87. The number of hydrogen-bond acceptors (Lipinski definition) is 2. The summed E-state index contributed by atoms with van der Waals surface area (Å²) in [6.45, 7) is 13.7. The van der Waals surface area contributed by atoms with Crippen LogP contribution in [0.25, 0.3) is 0 Å². The summed E-state index contributed by atoms with van der Waals surface area (Å²) >= 11 is 0. The minimum atomic E-state index is -0.0447. The highest BCUT2D eigenvalue weighted by molar-refractivity contribution is 4.81. The average molecular weight is 186 g/mol. The first-order valence-electron chi connectivity index (χ1n) is 4.98. The molecule has 78 valence electrons. The minimum Gasteiger partial charge on any atom is -0.349 e. The highest BCUT2D eigenvalue weighted by Gasteiger charge is 2.39. The summed E-state index contributed by atoms with van der Waals surface area (Å²) in [5.41, 5.74) is 0.264. The molecule has 0 aromatic heterocycles. The van der Waals surface area contributed by atoms with Crippen molar-refractivity contribution < 1.29 is 9.47 Å². The maximum atomic E-state index is 5.87. The molecule has 1 aliphatic heterocycles. The van der Waals surface area contributed by atoms with Crippen LogP contribution in [0.1, 0.15) is 41.5 Å². The highest BCUT2D eigenvalue weighted by atomic mass is 16.7. The first kappa shape index (κ1) is 11.0. The van der Waals surface area contributed by atoms with Crippen molar-refractivity contribution in [3.63, 3.8) is 0 Å². The smallest absolute Gasteiger partial charge is 0.162 e. The molecule has 2 heteroatoms. The van der Waals surface area contributed by atoms with Gasteiger partial charge in [-0.2, -0.15) is 0 Å². The van der Waals surface area contributed by atoms with Crippen molar-refractivity contribution in [2.24, 2.45) is 10.8 Å². The second-order valence-corrected chi connectivity index (χ2v) is 6.02. The molecule has 0 aromatic rings. The van der Waals surface area contributed by atoms with Gasteiger partial charge in [-0.3, -0.25) is 0 Å². The van der Waals surface area contributed by atoms with Gasteiger partial charge >= 0.3 is 0 Å². The van der Waals surface area contributed by atoms with E-state index in [2.05, 4.69) is 41.5 Å². The SMILES string of the molecule is CC(C)(C)[C@@H]1OC[C@H](C(C)(C)C)O1. The lowest BCUT2D eigenvalue weighted by atomic mass is 9.89. The molecule has 13 heavy (non-hydrogen) atoms. The molecule has 2 nitrogen and oxygen atoms in total. The fourth-order valence-corrected chi connectivity index (χ4v) is 1.31. The third kappa shape index (κ3) is 2.68. The van der Waals surface area contributed by atoms with Crippen LogP contribution in [-0.2, 0) is 9.47 Å². The molecule has 1 saturated heterocycles. The molecule has 0 bridgehead atoms. The average Bonchev–Trinajstić information content (AvgIpc) is 2.28. The molecule has 0 aliphatic carbocycles. The molecule has 0 amide bonds. The van der Waals surface area contributed by atoms with Gasteiger partial charge in [-0.15, -0.1) is 0 Å². The van der Waals surface area contributed by atoms with Crippen molar-refractivity contribution in [2.75, 3.05) is 6.61 Å². The van der Waals surface area contributed by atoms with Gasteiger partial charge < -0.3 is 9.47 Å². The predicted octanol–water partition coefficient (Wildman–Crippen LogP) is 2.82. The van der Waals surface area contributed by atoms with E-state index in [1.165, 1.54) is 0 Å². The standard InChI is InChI=1S/C11H22O2/c1-10(2,3)8-7-12-9(13-8)11(4,5)6/h8-9H,7H2,1-6H3/t8-,9-/m1/s1. The first-order chi connectivity index (χ1) is 5.71. The third-order valence-corrected chi connectivity index (χ3v) is 2.36. The lowest BCUT2D eigenvalue weighted by Gasteiger charge is -2.29. The topological polar surface area (TPSA) is 18.5 Å². The van der Waals surface area contributed by atoms with Crippen molar-refractivity contribution in [2.45, 2.75) is 53.9 Å². The second kappa shape index (κ2) is 3.25. The van der Waals surface area contributed by atoms with Crippen LogP contribution in [0.2, 0.25) is 0 Å². The number of rotatable bonds is 0. The van der Waals surface area contributed by atoms with Gasteiger partial charge in [0.15, 0.2) is 6.29 Å². The summed E-state index contributed by atoms with van der Waals surface area (Å²) in [4.78, 5) is 0. The van der Waals surface area contributed by atoms with Crippen LogP contribution in [0, 0.1) is 10.8 Å². The molecular formula is C11H22O2. The van der Waals surface area contributed by atoms with Crippen molar-refractivity contribution in [1.82, 2.24) is 0 Å². The first-order valence-corrected chi connectivity index (χ1v) is 4.98. The van der Waals surface area contributed by atoms with Crippen molar-refractivity contribution in [3.05, 3.63) is 0 Å². The van der Waals surface area contributed by atoms with Gasteiger partial charge in [0.2, 0.25) is 0 Å². The van der Waals surface area contributed by atoms with Gasteiger partial charge in [-0.25, -0.2) is 0 Å². The van der Waals surface area contributed by atoms with Crippen LogP contribution in [-0.4, -0.2) is 19.0 Å². The fraction of sp³-hybridized carbons (Fsp3) is 1.00. The monoisotopic (exact) mass is 186 g/mol. The molecule has 1 heterocycles. The Balaban J connectivity index is 2.55. The zero-order valence-electron chi connectivity index (χ0n) is 9.68. The van der Waals surface area contributed by atoms with Crippen LogP contribution < -0.4 is 0 Å². The lowest BCUT2D eigenvalue weighted by molar-refractivity contribution is -0.135. The Hall–Kier alpha value is -0.0800. The van der Waals surface area contributed by atoms with Gasteiger partial charge in [-0.05, 0) is 5.41 Å². The predicted molar refractivity (Wildman–Crippen MR) is 53.5 cm³/mol. The van der Waals surface area contributed by atoms with Crippen molar-refractivity contribution >= 4 is 0 Å². The van der Waals surface area contributed by atoms with Gasteiger partial charge in [0.1, 0.15) is 0 Å². The van der Waals surface area contributed by atoms with E-state index < -0.39 is 0 Å². The Kier molecular flexibility index (Phi) is 2.75. The van der Waals surface area contributed by atoms with E-state index >= 15 is 0 Å². The Morgan fingerprint density at radius 1 is 0.923 bits per heavy atom. The lowest BCUT2D eigenvalue weighted by Crippen LogP contribution is -2.32. The van der Waals surface area contributed by atoms with E-state index in [-0.39, 0.29) is 23.2 Å². The second-order valence-electron chi connectivity index (χ2n) is 6.02. The van der Waals surface area contributed by atoms with E-state index in [0.29, 0.717) is 0 Å².